The molecule has 0 aliphatic carbocycles. The highest BCUT2D eigenvalue weighted by molar-refractivity contribution is 8.18. The second-order valence-corrected chi connectivity index (χ2v) is 11.9. The molecule has 1 aliphatic heterocycles. The fourth-order valence-electron chi connectivity index (χ4n) is 4.57. The number of amides is 4. The summed E-state index contributed by atoms with van der Waals surface area (Å²) in [6, 6.07) is 15.2. The average molecular weight is 634 g/mol. The van der Waals surface area contributed by atoms with Gasteiger partial charge in [-0.15, -0.1) is 0 Å². The highest BCUT2D eigenvalue weighted by Crippen LogP contribution is 2.31. The molecule has 12 nitrogen and oxygen atoms in total. The Morgan fingerprint density at radius 3 is 2.44 bits per heavy atom. The van der Waals surface area contributed by atoms with Crippen LogP contribution < -0.4 is 16.0 Å². The second-order valence-electron chi connectivity index (χ2n) is 10.9. The van der Waals surface area contributed by atoms with Crippen LogP contribution >= 0.6 is 11.8 Å². The summed E-state index contributed by atoms with van der Waals surface area (Å²) in [5.74, 6) is -1.24. The molecule has 2 aromatic carbocycles. The van der Waals surface area contributed by atoms with Crippen molar-refractivity contribution in [3.8, 4) is 0 Å². The summed E-state index contributed by atoms with van der Waals surface area (Å²) in [6.45, 7) is 5.09. The normalized spacial score (nSPS) is 16.7. The fraction of sp³-hybridized carbons (Fsp3) is 0.312. The lowest BCUT2D eigenvalue weighted by Crippen LogP contribution is -2.70. The summed E-state index contributed by atoms with van der Waals surface area (Å²) in [6.07, 6.45) is 1.04. The molecule has 4 rings (SSSR count). The first kappa shape index (κ1) is 33.3. The number of hydrogen-bond acceptors (Lipinski definition) is 10. The number of aryl methyl sites for hydroxylation is 3. The van der Waals surface area contributed by atoms with Crippen molar-refractivity contribution in [3.63, 3.8) is 0 Å². The van der Waals surface area contributed by atoms with Gasteiger partial charge in [0.15, 0.2) is 17.6 Å². The second kappa shape index (κ2) is 14.5. The van der Waals surface area contributed by atoms with Crippen LogP contribution in [0.4, 0.5) is 4.79 Å². The number of benzene rings is 2. The van der Waals surface area contributed by atoms with Gasteiger partial charge in [0.05, 0.1) is 17.1 Å². The Kier molecular flexibility index (Phi) is 10.7. The number of aliphatic hydroxyl groups excluding tert-OH is 1. The minimum Gasteiger partial charge on any atom is -0.389 e. The number of aromatic nitrogens is 1. The molecule has 1 aliphatic rings. The van der Waals surface area contributed by atoms with Gasteiger partial charge in [-0.1, -0.05) is 59.3 Å². The van der Waals surface area contributed by atoms with Gasteiger partial charge in [0.25, 0.3) is 17.1 Å². The first-order valence-corrected chi connectivity index (χ1v) is 15.0. The maximum Gasteiger partial charge on any atom is 0.293 e. The molecule has 0 spiro atoms. The minimum atomic E-state index is -2.04. The molecular weight excluding hydrogens is 598 g/mol. The summed E-state index contributed by atoms with van der Waals surface area (Å²) in [5.41, 5.74) is 1.31. The number of carbonyl (C=O) groups excluding carboxylic acids is 5. The molecule has 1 fully saturated rings. The standard InChI is InChI=1S/C32H35N5O7S/c1-19-8-10-23(11-9-19)17-33-28(40)25(34-32(18-38,21(3)39)35-29(41)26-14-20(2)44-36-26)13-12-22-6-5-7-24(15-22)16-27-30(42)37(4)31(43)45-27/h5-11,14-16,18,21,25,34,39H,12-13,17H2,1-4H3,(H,33,40)(H,35,41)/t21-,25+,32-/m1/s1. The zero-order valence-corrected chi connectivity index (χ0v) is 26.1. The number of imide groups is 1. The van der Waals surface area contributed by atoms with Crippen molar-refractivity contribution in [3.05, 3.63) is 93.2 Å². The van der Waals surface area contributed by atoms with Crippen molar-refractivity contribution in [2.24, 2.45) is 0 Å². The van der Waals surface area contributed by atoms with Gasteiger partial charge < -0.3 is 20.3 Å². The van der Waals surface area contributed by atoms with Gasteiger partial charge in [-0.2, -0.15) is 0 Å². The van der Waals surface area contributed by atoms with Crippen molar-refractivity contribution >= 4 is 47.1 Å². The van der Waals surface area contributed by atoms with Crippen LogP contribution in [-0.2, 0) is 27.3 Å². The van der Waals surface area contributed by atoms with E-state index >= 15 is 0 Å². The molecule has 3 aromatic rings. The van der Waals surface area contributed by atoms with E-state index in [9.17, 15) is 29.1 Å². The fourth-order valence-corrected chi connectivity index (χ4v) is 5.40. The van der Waals surface area contributed by atoms with Crippen LogP contribution in [0.5, 0.6) is 0 Å². The van der Waals surface area contributed by atoms with Crippen molar-refractivity contribution in [1.29, 1.82) is 0 Å². The number of likely N-dealkylation sites (N-methyl/N-ethyl adjacent to an activating group) is 1. The van der Waals surface area contributed by atoms with Gasteiger partial charge in [0, 0.05) is 19.7 Å². The van der Waals surface area contributed by atoms with Gasteiger partial charge in [-0.3, -0.25) is 34.2 Å². The van der Waals surface area contributed by atoms with E-state index in [1.165, 1.54) is 20.0 Å². The van der Waals surface area contributed by atoms with Gasteiger partial charge in [-0.05, 0) is 68.1 Å². The van der Waals surface area contributed by atoms with Gasteiger partial charge in [0.1, 0.15) is 5.76 Å². The van der Waals surface area contributed by atoms with Crippen LogP contribution in [0, 0.1) is 13.8 Å². The Bertz CT molecular complexity index is 1620. The number of hydrogen-bond donors (Lipinski definition) is 4. The van der Waals surface area contributed by atoms with E-state index in [0.717, 1.165) is 33.4 Å². The molecule has 0 unspecified atom stereocenters. The number of aldehydes is 1. The first-order valence-electron chi connectivity index (χ1n) is 14.2. The SMILES string of the molecule is Cc1ccc(CNC(=O)[C@H](CCc2cccc(C=C3SC(=O)N(C)C3=O)c2)N[C@](C=O)(NC(=O)c2cc(C)on2)[C@@H](C)O)cc1. The zero-order chi connectivity index (χ0) is 32.7. The highest BCUT2D eigenvalue weighted by atomic mass is 32.2. The lowest BCUT2D eigenvalue weighted by molar-refractivity contribution is -0.127. The maximum atomic E-state index is 13.6. The third-order valence-electron chi connectivity index (χ3n) is 7.30. The number of aliphatic hydroxyl groups is 1. The average Bonchev–Trinajstić information content (AvgIpc) is 3.56. The highest BCUT2D eigenvalue weighted by Gasteiger charge is 2.41. The first-order chi connectivity index (χ1) is 21.4. The van der Waals surface area contributed by atoms with E-state index in [0.29, 0.717) is 28.9 Å². The lowest BCUT2D eigenvalue weighted by atomic mass is 9.98. The molecule has 0 bridgehead atoms. The van der Waals surface area contributed by atoms with Crippen LogP contribution in [0.1, 0.15) is 51.8 Å². The van der Waals surface area contributed by atoms with Crippen LogP contribution in [0.25, 0.3) is 6.08 Å². The number of nitrogens with one attached hydrogen (secondary N) is 3. The smallest absolute Gasteiger partial charge is 0.293 e. The third-order valence-corrected chi connectivity index (χ3v) is 8.26. The maximum absolute atomic E-state index is 13.6. The Morgan fingerprint density at radius 1 is 1.11 bits per heavy atom. The molecule has 1 saturated heterocycles. The molecule has 13 heteroatoms. The number of nitrogens with zero attached hydrogens (tertiary/aromatic N) is 2. The minimum absolute atomic E-state index is 0.0979. The lowest BCUT2D eigenvalue weighted by Gasteiger charge is -2.36. The molecule has 2 heterocycles. The molecule has 4 amide bonds. The summed E-state index contributed by atoms with van der Waals surface area (Å²) in [4.78, 5) is 64.6. The summed E-state index contributed by atoms with van der Waals surface area (Å²) < 4.78 is 4.96. The Labute approximate surface area is 264 Å². The largest absolute Gasteiger partial charge is 0.389 e. The molecule has 0 saturated carbocycles. The van der Waals surface area contributed by atoms with Gasteiger partial charge in [0.2, 0.25) is 5.91 Å². The predicted molar refractivity (Wildman–Crippen MR) is 168 cm³/mol. The molecule has 0 radical (unpaired) electrons. The summed E-state index contributed by atoms with van der Waals surface area (Å²) >= 11 is 0.859. The van der Waals surface area contributed by atoms with E-state index in [-0.39, 0.29) is 29.8 Å². The molecule has 4 N–H and O–H groups in total. The Balaban J connectivity index is 1.56. The van der Waals surface area contributed by atoms with Gasteiger partial charge >= 0.3 is 0 Å². The van der Waals surface area contributed by atoms with Crippen molar-refractivity contribution < 1.29 is 33.6 Å². The molecule has 1 aromatic heterocycles. The molecule has 236 valence electrons. The number of thioether (sulfide) groups is 1. The summed E-state index contributed by atoms with van der Waals surface area (Å²) in [5, 5.41) is 22.3. The van der Waals surface area contributed by atoms with Gasteiger partial charge in [-0.25, -0.2) is 0 Å². The van der Waals surface area contributed by atoms with Crippen molar-refractivity contribution in [1.82, 2.24) is 26.0 Å². The van der Waals surface area contributed by atoms with E-state index < -0.39 is 29.6 Å². The van der Waals surface area contributed by atoms with E-state index in [4.69, 9.17) is 4.52 Å². The molecule has 45 heavy (non-hydrogen) atoms. The molecule has 3 atom stereocenters. The topological polar surface area (TPSA) is 171 Å². The molecular formula is C32H35N5O7S. The van der Waals surface area contributed by atoms with E-state index in [1.54, 1.807) is 25.1 Å². The van der Waals surface area contributed by atoms with E-state index in [1.807, 2.05) is 43.3 Å². The predicted octanol–water partition coefficient (Wildman–Crippen LogP) is 2.87. The zero-order valence-electron chi connectivity index (χ0n) is 25.3. The van der Waals surface area contributed by atoms with Crippen molar-refractivity contribution in [2.45, 2.75) is 58.0 Å². The Hall–Kier alpha value is -4.59. The van der Waals surface area contributed by atoms with Crippen molar-refractivity contribution in [2.75, 3.05) is 7.05 Å². The van der Waals surface area contributed by atoms with Crippen LogP contribution in [-0.4, -0.2) is 69.3 Å². The monoisotopic (exact) mass is 633 g/mol. The number of carbonyl (C=O) groups is 5. The third kappa shape index (κ3) is 8.32. The Morgan fingerprint density at radius 2 is 1.84 bits per heavy atom. The van der Waals surface area contributed by atoms with Crippen LogP contribution in [0.15, 0.2) is 64.0 Å². The van der Waals surface area contributed by atoms with Crippen LogP contribution in [0.2, 0.25) is 0 Å². The summed E-state index contributed by atoms with van der Waals surface area (Å²) in [7, 11) is 1.42. The van der Waals surface area contributed by atoms with Crippen LogP contribution in [0.3, 0.4) is 0 Å². The van der Waals surface area contributed by atoms with E-state index in [2.05, 4.69) is 21.1 Å². The quantitative estimate of drug-likeness (QED) is 0.125. The number of rotatable bonds is 13.